The molecule has 110 valence electrons. The minimum Gasteiger partial charge on any atom is -0.458 e. The van der Waals surface area contributed by atoms with E-state index in [9.17, 15) is 4.79 Å². The highest BCUT2D eigenvalue weighted by molar-refractivity contribution is 7.13. The number of furan rings is 1. The maximum Gasteiger partial charge on any atom is 0.244 e. The van der Waals surface area contributed by atoms with Crippen molar-refractivity contribution < 1.29 is 9.21 Å². The van der Waals surface area contributed by atoms with Gasteiger partial charge < -0.3 is 9.73 Å². The van der Waals surface area contributed by atoms with E-state index in [0.717, 1.165) is 22.0 Å². The number of carbonyl (C=O) groups is 1. The zero-order valence-corrected chi connectivity index (χ0v) is 12.7. The van der Waals surface area contributed by atoms with Crippen LogP contribution in [0, 0.1) is 0 Å². The van der Waals surface area contributed by atoms with Crippen LogP contribution in [-0.2, 0) is 11.3 Å². The first kappa shape index (κ1) is 14.4. The molecular formula is C18H15NO2S. The molecule has 1 amide bonds. The Morgan fingerprint density at radius 3 is 2.73 bits per heavy atom. The van der Waals surface area contributed by atoms with Gasteiger partial charge in [0.05, 0.1) is 11.4 Å². The van der Waals surface area contributed by atoms with Gasteiger partial charge in [-0.25, -0.2) is 0 Å². The Bertz CT molecular complexity index is 758. The molecule has 0 saturated carbocycles. The van der Waals surface area contributed by atoms with Crippen LogP contribution in [0.15, 0.2) is 70.5 Å². The number of hydrogen-bond donors (Lipinski definition) is 1. The van der Waals surface area contributed by atoms with E-state index in [0.29, 0.717) is 6.54 Å². The van der Waals surface area contributed by atoms with Gasteiger partial charge in [0.15, 0.2) is 0 Å². The van der Waals surface area contributed by atoms with Crippen molar-refractivity contribution in [1.29, 1.82) is 0 Å². The fourth-order valence-corrected chi connectivity index (χ4v) is 2.68. The van der Waals surface area contributed by atoms with Crippen molar-refractivity contribution in [2.75, 3.05) is 0 Å². The quantitative estimate of drug-likeness (QED) is 0.712. The molecule has 22 heavy (non-hydrogen) atoms. The van der Waals surface area contributed by atoms with E-state index in [1.165, 1.54) is 6.08 Å². The van der Waals surface area contributed by atoms with Crippen LogP contribution < -0.4 is 5.32 Å². The Kier molecular flexibility index (Phi) is 4.51. The molecule has 0 spiro atoms. The van der Waals surface area contributed by atoms with E-state index in [1.807, 2.05) is 60.0 Å². The minimum atomic E-state index is -0.141. The standard InChI is InChI=1S/C18H15NO2S/c20-18(11-8-14-5-2-1-3-6-14)19-13-15-9-10-16(21-15)17-7-4-12-22-17/h1-12H,13H2,(H,19,20)/b11-8+. The predicted octanol–water partition coefficient (Wildman–Crippen LogP) is 4.34. The molecule has 1 aromatic carbocycles. The molecular weight excluding hydrogens is 294 g/mol. The highest BCUT2D eigenvalue weighted by Crippen LogP contribution is 2.26. The summed E-state index contributed by atoms with van der Waals surface area (Å²) in [6.45, 7) is 0.378. The van der Waals surface area contributed by atoms with Crippen LogP contribution in [-0.4, -0.2) is 5.91 Å². The number of carbonyl (C=O) groups excluding carboxylic acids is 1. The van der Waals surface area contributed by atoms with E-state index >= 15 is 0 Å². The number of amides is 1. The van der Waals surface area contributed by atoms with Gasteiger partial charge in [0.2, 0.25) is 5.91 Å². The first-order valence-corrected chi connectivity index (χ1v) is 7.83. The summed E-state index contributed by atoms with van der Waals surface area (Å²) in [4.78, 5) is 12.9. The predicted molar refractivity (Wildman–Crippen MR) is 89.3 cm³/mol. The summed E-state index contributed by atoms with van der Waals surface area (Å²) in [5.74, 6) is 1.43. The molecule has 3 aromatic rings. The fraction of sp³-hybridized carbons (Fsp3) is 0.0556. The molecule has 1 N–H and O–H groups in total. The largest absolute Gasteiger partial charge is 0.458 e. The van der Waals surface area contributed by atoms with Gasteiger partial charge in [-0.15, -0.1) is 11.3 Å². The Labute approximate surface area is 132 Å². The smallest absolute Gasteiger partial charge is 0.244 e. The van der Waals surface area contributed by atoms with E-state index in [-0.39, 0.29) is 5.91 Å². The number of thiophene rings is 1. The number of benzene rings is 1. The second kappa shape index (κ2) is 6.91. The normalized spacial score (nSPS) is 10.9. The molecule has 3 nitrogen and oxygen atoms in total. The summed E-state index contributed by atoms with van der Waals surface area (Å²) in [6, 6.07) is 17.5. The van der Waals surface area contributed by atoms with Crippen molar-refractivity contribution in [2.24, 2.45) is 0 Å². The highest BCUT2D eigenvalue weighted by atomic mass is 32.1. The Morgan fingerprint density at radius 1 is 1.09 bits per heavy atom. The molecule has 0 radical (unpaired) electrons. The molecule has 0 aliphatic heterocycles. The second-order valence-electron chi connectivity index (χ2n) is 4.71. The second-order valence-corrected chi connectivity index (χ2v) is 5.65. The lowest BCUT2D eigenvalue weighted by atomic mass is 10.2. The summed E-state index contributed by atoms with van der Waals surface area (Å²) >= 11 is 1.63. The first-order chi connectivity index (χ1) is 10.8. The Morgan fingerprint density at radius 2 is 1.95 bits per heavy atom. The highest BCUT2D eigenvalue weighted by Gasteiger charge is 2.06. The summed E-state index contributed by atoms with van der Waals surface area (Å²) in [7, 11) is 0. The molecule has 0 saturated heterocycles. The van der Waals surface area contributed by atoms with Crippen LogP contribution in [0.5, 0.6) is 0 Å². The van der Waals surface area contributed by atoms with Gasteiger partial charge in [0.1, 0.15) is 11.5 Å². The van der Waals surface area contributed by atoms with Crippen LogP contribution in [0.2, 0.25) is 0 Å². The lowest BCUT2D eigenvalue weighted by Crippen LogP contribution is -2.19. The number of rotatable bonds is 5. The van der Waals surface area contributed by atoms with Crippen LogP contribution in [0.1, 0.15) is 11.3 Å². The molecule has 0 atom stereocenters. The lowest BCUT2D eigenvalue weighted by molar-refractivity contribution is -0.116. The Balaban J connectivity index is 1.54. The third-order valence-corrected chi connectivity index (χ3v) is 3.97. The molecule has 0 bridgehead atoms. The zero-order valence-electron chi connectivity index (χ0n) is 11.9. The van der Waals surface area contributed by atoms with Crippen molar-refractivity contribution in [1.82, 2.24) is 5.32 Å². The molecule has 3 rings (SSSR count). The molecule has 0 aliphatic carbocycles. The fourth-order valence-electron chi connectivity index (χ4n) is 1.99. The van der Waals surface area contributed by atoms with Crippen molar-refractivity contribution in [3.63, 3.8) is 0 Å². The van der Waals surface area contributed by atoms with E-state index in [4.69, 9.17) is 4.42 Å². The monoisotopic (exact) mass is 309 g/mol. The van der Waals surface area contributed by atoms with Gasteiger partial charge in [-0.2, -0.15) is 0 Å². The van der Waals surface area contributed by atoms with E-state index < -0.39 is 0 Å². The topological polar surface area (TPSA) is 42.2 Å². The summed E-state index contributed by atoms with van der Waals surface area (Å²) in [5, 5.41) is 4.82. The lowest BCUT2D eigenvalue weighted by Gasteiger charge is -1.99. The maximum absolute atomic E-state index is 11.8. The Hall–Kier alpha value is -2.59. The summed E-state index contributed by atoms with van der Waals surface area (Å²) in [6.07, 6.45) is 3.31. The van der Waals surface area contributed by atoms with Crippen LogP contribution in [0.4, 0.5) is 0 Å². The van der Waals surface area contributed by atoms with E-state index in [2.05, 4.69) is 5.32 Å². The van der Waals surface area contributed by atoms with Gasteiger partial charge in [0.25, 0.3) is 0 Å². The van der Waals surface area contributed by atoms with Gasteiger partial charge in [-0.3, -0.25) is 4.79 Å². The van der Waals surface area contributed by atoms with Crippen LogP contribution >= 0.6 is 11.3 Å². The molecule has 2 heterocycles. The van der Waals surface area contributed by atoms with Crippen molar-refractivity contribution >= 4 is 23.3 Å². The number of nitrogens with one attached hydrogen (secondary N) is 1. The van der Waals surface area contributed by atoms with Gasteiger partial charge in [0, 0.05) is 6.08 Å². The minimum absolute atomic E-state index is 0.141. The molecule has 0 aliphatic rings. The van der Waals surface area contributed by atoms with Crippen LogP contribution in [0.3, 0.4) is 0 Å². The molecule has 2 aromatic heterocycles. The first-order valence-electron chi connectivity index (χ1n) is 6.95. The number of hydrogen-bond acceptors (Lipinski definition) is 3. The summed E-state index contributed by atoms with van der Waals surface area (Å²) < 4.78 is 5.71. The molecule has 4 heteroatoms. The maximum atomic E-state index is 11.8. The van der Waals surface area contributed by atoms with Crippen molar-refractivity contribution in [3.05, 3.63) is 77.4 Å². The molecule has 0 unspecified atom stereocenters. The third kappa shape index (κ3) is 3.74. The van der Waals surface area contributed by atoms with Crippen LogP contribution in [0.25, 0.3) is 16.7 Å². The van der Waals surface area contributed by atoms with Gasteiger partial charge in [-0.05, 0) is 35.2 Å². The average molecular weight is 309 g/mol. The van der Waals surface area contributed by atoms with Gasteiger partial charge >= 0.3 is 0 Å². The SMILES string of the molecule is O=C(/C=C/c1ccccc1)NCc1ccc(-c2cccs2)o1. The molecule has 0 fully saturated rings. The summed E-state index contributed by atoms with van der Waals surface area (Å²) in [5.41, 5.74) is 0.996. The van der Waals surface area contributed by atoms with Gasteiger partial charge in [-0.1, -0.05) is 36.4 Å². The average Bonchev–Trinajstić information content (AvgIpc) is 3.22. The van der Waals surface area contributed by atoms with Crippen molar-refractivity contribution in [2.45, 2.75) is 6.54 Å². The third-order valence-electron chi connectivity index (χ3n) is 3.09. The van der Waals surface area contributed by atoms with Crippen molar-refractivity contribution in [3.8, 4) is 10.6 Å². The zero-order chi connectivity index (χ0) is 15.2. The van der Waals surface area contributed by atoms with E-state index in [1.54, 1.807) is 17.4 Å².